The van der Waals surface area contributed by atoms with Crippen molar-refractivity contribution in [2.24, 2.45) is 5.92 Å². The highest BCUT2D eigenvalue weighted by Crippen LogP contribution is 2.24. The molecular formula is C42H60N4O9. The van der Waals surface area contributed by atoms with E-state index in [-0.39, 0.29) is 44.7 Å². The van der Waals surface area contributed by atoms with Crippen LogP contribution in [0.15, 0.2) is 60.7 Å². The molecular weight excluding hydrogens is 704 g/mol. The van der Waals surface area contributed by atoms with Gasteiger partial charge in [-0.15, -0.1) is 0 Å². The van der Waals surface area contributed by atoms with Gasteiger partial charge in [0.15, 0.2) is 0 Å². The van der Waals surface area contributed by atoms with Gasteiger partial charge in [0.2, 0.25) is 17.7 Å². The minimum absolute atomic E-state index is 0.0200. The first kappa shape index (κ1) is 44.5. The van der Waals surface area contributed by atoms with E-state index >= 15 is 0 Å². The van der Waals surface area contributed by atoms with Gasteiger partial charge in [-0.1, -0.05) is 80.4 Å². The summed E-state index contributed by atoms with van der Waals surface area (Å²) in [5.74, 6) is -2.54. The van der Waals surface area contributed by atoms with Crippen LogP contribution in [0.1, 0.15) is 104 Å². The van der Waals surface area contributed by atoms with Crippen LogP contribution in [0.3, 0.4) is 0 Å². The zero-order chi connectivity index (χ0) is 40.2. The van der Waals surface area contributed by atoms with E-state index in [9.17, 15) is 28.8 Å². The number of hydrogen-bond acceptors (Lipinski definition) is 9. The molecule has 55 heavy (non-hydrogen) atoms. The van der Waals surface area contributed by atoms with Crippen LogP contribution in [0.25, 0.3) is 0 Å². The van der Waals surface area contributed by atoms with Crippen molar-refractivity contribution < 1.29 is 43.0 Å². The summed E-state index contributed by atoms with van der Waals surface area (Å²) in [6.45, 7) is 10.4. The molecule has 0 bridgehead atoms. The van der Waals surface area contributed by atoms with Crippen molar-refractivity contribution >= 4 is 35.8 Å². The summed E-state index contributed by atoms with van der Waals surface area (Å²) in [7, 11) is 0. The molecule has 13 nitrogen and oxygen atoms in total. The lowest BCUT2D eigenvalue weighted by Gasteiger charge is -2.33. The summed E-state index contributed by atoms with van der Waals surface area (Å²) in [5.41, 5.74) is 0.997. The number of hydrogen-bond donors (Lipinski definition) is 2. The Balaban J connectivity index is 1.58. The maximum absolute atomic E-state index is 13.7. The lowest BCUT2D eigenvalue weighted by molar-refractivity contribution is -0.150. The molecule has 2 aromatic rings. The Morgan fingerprint density at radius 3 is 1.98 bits per heavy atom. The number of esters is 2. The topological polar surface area (TPSA) is 161 Å². The van der Waals surface area contributed by atoms with Gasteiger partial charge in [-0.2, -0.15) is 0 Å². The van der Waals surface area contributed by atoms with Crippen molar-refractivity contribution in [3.05, 3.63) is 71.8 Å². The monoisotopic (exact) mass is 764 g/mol. The van der Waals surface area contributed by atoms with E-state index in [1.54, 1.807) is 24.0 Å². The van der Waals surface area contributed by atoms with Gasteiger partial charge >= 0.3 is 18.0 Å². The average molecular weight is 765 g/mol. The Hall–Kier alpha value is -4.94. The maximum Gasteiger partial charge on any atom is 0.410 e. The first-order valence-electron chi connectivity index (χ1n) is 19.5. The second kappa shape index (κ2) is 23.1. The number of amides is 4. The van der Waals surface area contributed by atoms with Gasteiger partial charge in [0.25, 0.3) is 0 Å². The molecule has 1 aliphatic heterocycles. The van der Waals surface area contributed by atoms with Crippen LogP contribution in [-0.2, 0) is 51.4 Å². The molecule has 1 heterocycles. The molecule has 302 valence electrons. The van der Waals surface area contributed by atoms with Crippen LogP contribution in [0.5, 0.6) is 0 Å². The SMILES string of the molecule is CCCC[C@H](NC(=O)[C@H](CC(=O)OCc1ccccc1)NC(=O)CN(CC)C(=O)CCCC1CCN(C(=O)OC(C)(C)C)CC1)C(=O)OCc1ccccc1. The zero-order valence-corrected chi connectivity index (χ0v) is 33.2. The van der Waals surface area contributed by atoms with Crippen molar-refractivity contribution in [1.82, 2.24) is 20.4 Å². The molecule has 0 aromatic heterocycles. The lowest BCUT2D eigenvalue weighted by atomic mass is 9.91. The fourth-order valence-electron chi connectivity index (χ4n) is 6.15. The first-order chi connectivity index (χ1) is 26.3. The molecule has 2 aromatic carbocycles. The van der Waals surface area contributed by atoms with Crippen LogP contribution in [-0.4, -0.2) is 89.4 Å². The molecule has 1 saturated heterocycles. The number of ether oxygens (including phenoxy) is 3. The molecule has 0 aliphatic carbocycles. The third-order valence-electron chi connectivity index (χ3n) is 9.27. The van der Waals surface area contributed by atoms with E-state index in [1.165, 1.54) is 4.90 Å². The summed E-state index contributed by atoms with van der Waals surface area (Å²) >= 11 is 0. The molecule has 0 saturated carbocycles. The van der Waals surface area contributed by atoms with Gasteiger partial charge in [0.1, 0.15) is 30.9 Å². The molecule has 0 spiro atoms. The van der Waals surface area contributed by atoms with Crippen LogP contribution in [0.4, 0.5) is 4.79 Å². The summed E-state index contributed by atoms with van der Waals surface area (Å²) in [6.07, 6.45) is 4.24. The van der Waals surface area contributed by atoms with E-state index in [1.807, 2.05) is 76.2 Å². The highest BCUT2D eigenvalue weighted by molar-refractivity contribution is 5.94. The van der Waals surface area contributed by atoms with Gasteiger partial charge < -0.3 is 34.6 Å². The van der Waals surface area contributed by atoms with Crippen molar-refractivity contribution in [3.8, 4) is 0 Å². The summed E-state index contributed by atoms with van der Waals surface area (Å²) in [4.78, 5) is 81.9. The molecule has 3 rings (SSSR count). The standard InChI is InChI=1S/C42H60N4O9/c1-6-8-21-34(40(51)54-30-33-18-13-10-14-19-33)44-39(50)35(27-38(49)53-29-32-16-11-9-12-17-32)43-36(47)28-45(7-2)37(48)22-15-20-31-23-25-46(26-24-31)41(52)55-42(3,4)5/h9-14,16-19,31,34-35H,6-8,15,20-30H2,1-5H3,(H,43,47)(H,44,50)/t34-,35-/m0/s1. The van der Waals surface area contributed by atoms with Gasteiger partial charge in [-0.3, -0.25) is 19.2 Å². The number of rotatable bonds is 20. The molecule has 1 fully saturated rings. The normalized spacial score (nSPS) is 14.2. The van der Waals surface area contributed by atoms with Crippen LogP contribution in [0.2, 0.25) is 0 Å². The van der Waals surface area contributed by atoms with Crippen LogP contribution < -0.4 is 10.6 Å². The number of unbranched alkanes of at least 4 members (excludes halogenated alkanes) is 1. The smallest absolute Gasteiger partial charge is 0.410 e. The molecule has 0 radical (unpaired) electrons. The van der Waals surface area contributed by atoms with Crippen molar-refractivity contribution in [3.63, 3.8) is 0 Å². The van der Waals surface area contributed by atoms with Crippen molar-refractivity contribution in [2.75, 3.05) is 26.2 Å². The highest BCUT2D eigenvalue weighted by atomic mass is 16.6. The quantitative estimate of drug-likeness (QED) is 0.128. The Morgan fingerprint density at radius 1 is 0.818 bits per heavy atom. The Labute approximate surface area is 325 Å². The third kappa shape index (κ3) is 17.0. The predicted molar refractivity (Wildman–Crippen MR) is 207 cm³/mol. The van der Waals surface area contributed by atoms with E-state index < -0.39 is 47.9 Å². The number of nitrogens with zero attached hydrogens (tertiary/aromatic N) is 2. The van der Waals surface area contributed by atoms with E-state index in [2.05, 4.69) is 10.6 Å². The van der Waals surface area contributed by atoms with Gasteiger partial charge in [0, 0.05) is 26.1 Å². The molecule has 2 N–H and O–H groups in total. The molecule has 13 heteroatoms. The Bertz CT molecular complexity index is 1520. The first-order valence-corrected chi connectivity index (χ1v) is 19.5. The molecule has 4 amide bonds. The predicted octanol–water partition coefficient (Wildman–Crippen LogP) is 5.69. The van der Waals surface area contributed by atoms with Crippen molar-refractivity contribution in [1.29, 1.82) is 0 Å². The number of carbonyl (C=O) groups is 6. The van der Waals surface area contributed by atoms with E-state index in [4.69, 9.17) is 14.2 Å². The minimum atomic E-state index is -1.37. The van der Waals surface area contributed by atoms with Gasteiger partial charge in [-0.25, -0.2) is 9.59 Å². The number of likely N-dealkylation sites (tertiary alicyclic amines) is 1. The van der Waals surface area contributed by atoms with Crippen LogP contribution >= 0.6 is 0 Å². The second-order valence-corrected chi connectivity index (χ2v) is 15.0. The number of piperidine rings is 1. The Kier molecular flexibility index (Phi) is 18.7. The number of benzene rings is 2. The molecule has 0 unspecified atom stereocenters. The zero-order valence-electron chi connectivity index (χ0n) is 33.2. The minimum Gasteiger partial charge on any atom is -0.461 e. The second-order valence-electron chi connectivity index (χ2n) is 15.0. The lowest BCUT2D eigenvalue weighted by Crippen LogP contribution is -2.54. The maximum atomic E-state index is 13.7. The average Bonchev–Trinajstić information content (AvgIpc) is 3.16. The van der Waals surface area contributed by atoms with E-state index in [0.29, 0.717) is 38.3 Å². The Morgan fingerprint density at radius 2 is 1.42 bits per heavy atom. The molecule has 1 aliphatic rings. The molecule has 2 atom stereocenters. The van der Waals surface area contributed by atoms with Gasteiger partial charge in [-0.05, 0) is 76.8 Å². The number of nitrogens with one attached hydrogen (secondary N) is 2. The van der Waals surface area contributed by atoms with Crippen molar-refractivity contribution in [2.45, 2.75) is 123 Å². The van der Waals surface area contributed by atoms with Crippen LogP contribution in [0, 0.1) is 5.92 Å². The summed E-state index contributed by atoms with van der Waals surface area (Å²) in [5, 5.41) is 5.31. The summed E-state index contributed by atoms with van der Waals surface area (Å²) in [6, 6.07) is 15.8. The third-order valence-corrected chi connectivity index (χ3v) is 9.27. The fraction of sp³-hybridized carbons (Fsp3) is 0.571. The summed E-state index contributed by atoms with van der Waals surface area (Å²) < 4.78 is 16.4. The largest absolute Gasteiger partial charge is 0.461 e. The fourth-order valence-corrected chi connectivity index (χ4v) is 6.15. The van der Waals surface area contributed by atoms with Gasteiger partial charge in [0.05, 0.1) is 13.0 Å². The number of likely N-dealkylation sites (N-methyl/N-ethyl adjacent to an activating group) is 1. The number of carbonyl (C=O) groups excluding carboxylic acids is 6. The highest BCUT2D eigenvalue weighted by Gasteiger charge is 2.31. The van der Waals surface area contributed by atoms with E-state index in [0.717, 1.165) is 36.8 Å².